The number of guanidine groups is 1. The van der Waals surface area contributed by atoms with E-state index < -0.39 is 6.09 Å². The number of benzene rings is 2. The molecular weight excluding hydrogens is 458 g/mol. The molecule has 2 unspecified atom stereocenters. The van der Waals surface area contributed by atoms with Gasteiger partial charge in [-0.1, -0.05) is 38.1 Å². The molecule has 10 nitrogen and oxygen atoms in total. The van der Waals surface area contributed by atoms with Crippen molar-refractivity contribution in [1.82, 2.24) is 9.88 Å². The molecule has 1 aromatic heterocycles. The Hall–Kier alpha value is -4.10. The molecule has 36 heavy (non-hydrogen) atoms. The summed E-state index contributed by atoms with van der Waals surface area (Å²) in [4.78, 5) is 24.3. The number of nitriles is 1. The number of hydrogen-bond donors (Lipinski definition) is 2. The molecule has 0 radical (unpaired) electrons. The van der Waals surface area contributed by atoms with Crippen LogP contribution in [0.1, 0.15) is 25.0 Å². The number of quaternary nitrogens is 1. The molecule has 2 atom stereocenters. The highest BCUT2D eigenvalue weighted by molar-refractivity contribution is 5.78. The zero-order valence-electron chi connectivity index (χ0n) is 20.5. The van der Waals surface area contributed by atoms with Gasteiger partial charge in [0, 0.05) is 19.0 Å². The minimum absolute atomic E-state index is 0.0840. The van der Waals surface area contributed by atoms with Crippen molar-refractivity contribution in [3.05, 3.63) is 53.6 Å². The number of nitrogens with two attached hydrogens (primary N) is 1. The lowest BCUT2D eigenvalue weighted by molar-refractivity contribution is -0.809. The largest absolute Gasteiger partial charge is 0.465 e. The molecule has 3 N–H and O–H groups in total. The molecule has 2 aliphatic rings. The van der Waals surface area contributed by atoms with Crippen molar-refractivity contribution in [2.75, 3.05) is 31.1 Å². The number of aliphatic imine (C=N–C) groups is 1. The number of carboxylic acid groups (broad SMARTS) is 1. The number of para-hydroxylation sites is 2. The van der Waals surface area contributed by atoms with Crippen LogP contribution in [-0.4, -0.2) is 63.7 Å². The number of aromatic nitrogens is 1. The van der Waals surface area contributed by atoms with Gasteiger partial charge in [-0.15, -0.1) is 5.26 Å². The molecule has 0 spiro atoms. The third-order valence-electron chi connectivity index (χ3n) is 7.35. The number of oxazole rings is 1. The lowest BCUT2D eigenvalue weighted by atomic mass is 9.97. The number of piperazine rings is 1. The van der Waals surface area contributed by atoms with Gasteiger partial charge in [0.05, 0.1) is 18.8 Å². The summed E-state index contributed by atoms with van der Waals surface area (Å²) in [5, 5.41) is 19.8. The highest BCUT2D eigenvalue weighted by Gasteiger charge is 2.49. The molecule has 1 amide bonds. The van der Waals surface area contributed by atoms with Crippen LogP contribution in [-0.2, 0) is 13.0 Å². The summed E-state index contributed by atoms with van der Waals surface area (Å²) >= 11 is 0. The zero-order chi connectivity index (χ0) is 25.4. The van der Waals surface area contributed by atoms with Crippen LogP contribution in [0.3, 0.4) is 0 Å². The summed E-state index contributed by atoms with van der Waals surface area (Å²) < 4.78 is 5.91. The van der Waals surface area contributed by atoms with Crippen molar-refractivity contribution in [1.29, 1.82) is 5.26 Å². The molecule has 10 heteroatoms. The van der Waals surface area contributed by atoms with Crippen molar-refractivity contribution in [3.63, 3.8) is 0 Å². The first-order valence-corrected chi connectivity index (χ1v) is 12.2. The van der Waals surface area contributed by atoms with E-state index in [2.05, 4.69) is 29.9 Å². The molecule has 2 aliphatic heterocycles. The monoisotopic (exact) mass is 488 g/mol. The molecular formula is C26H30N7O3+. The Bertz CT molecular complexity index is 1340. The number of hydrogen-bond acceptors (Lipinski definition) is 6. The van der Waals surface area contributed by atoms with Gasteiger partial charge >= 0.3 is 18.2 Å². The number of fused-ring (bicyclic) bond motifs is 2. The molecule has 186 valence electrons. The first-order valence-electron chi connectivity index (χ1n) is 12.2. The van der Waals surface area contributed by atoms with E-state index in [4.69, 9.17) is 15.1 Å². The Morgan fingerprint density at radius 2 is 2.08 bits per heavy atom. The minimum atomic E-state index is -0.931. The van der Waals surface area contributed by atoms with E-state index in [0.717, 1.165) is 22.2 Å². The van der Waals surface area contributed by atoms with E-state index in [1.54, 1.807) is 0 Å². The van der Waals surface area contributed by atoms with E-state index in [0.29, 0.717) is 50.8 Å². The lowest BCUT2D eigenvalue weighted by Gasteiger charge is -2.44. The molecule has 3 heterocycles. The van der Waals surface area contributed by atoms with Crippen molar-refractivity contribution in [2.24, 2.45) is 16.6 Å². The summed E-state index contributed by atoms with van der Waals surface area (Å²) in [6.45, 7) is 6.43. The average Bonchev–Trinajstić information content (AvgIpc) is 3.32. The average molecular weight is 489 g/mol. The first kappa shape index (κ1) is 23.6. The quantitative estimate of drug-likeness (QED) is 0.249. The fourth-order valence-corrected chi connectivity index (χ4v) is 5.32. The van der Waals surface area contributed by atoms with Gasteiger partial charge in [-0.05, 0) is 35.7 Å². The van der Waals surface area contributed by atoms with Gasteiger partial charge in [0.25, 0.3) is 6.01 Å². The summed E-state index contributed by atoms with van der Waals surface area (Å²) in [5.74, 6) is 0.391. The smallest absolute Gasteiger partial charge is 0.407 e. The summed E-state index contributed by atoms with van der Waals surface area (Å²) in [6, 6.07) is 13.7. The Morgan fingerprint density at radius 3 is 2.81 bits per heavy atom. The standard InChI is InChI=1S/C26H29N7O3/c1-17(2)22-15-31(25-30-21-7-3-4-9-23(21)36-25)12-13-33(22,16-27)24(28)29-20-8-5-6-18-14-32(26(34)35)11-10-19(18)20/h3-9,17,22H,10-15H2,1-2H3,(H2-,28,29,34,35)/p+1. The van der Waals surface area contributed by atoms with Gasteiger partial charge in [-0.2, -0.15) is 14.5 Å². The summed E-state index contributed by atoms with van der Waals surface area (Å²) in [5.41, 5.74) is 10.8. The molecule has 1 saturated heterocycles. The highest BCUT2D eigenvalue weighted by Crippen LogP contribution is 2.33. The van der Waals surface area contributed by atoms with Crippen molar-refractivity contribution < 1.29 is 18.8 Å². The lowest BCUT2D eigenvalue weighted by Crippen LogP contribution is -2.69. The summed E-state index contributed by atoms with van der Waals surface area (Å²) in [6.07, 6.45) is 2.11. The maximum Gasteiger partial charge on any atom is 0.407 e. The first-order chi connectivity index (χ1) is 17.3. The predicted molar refractivity (Wildman–Crippen MR) is 135 cm³/mol. The third-order valence-corrected chi connectivity index (χ3v) is 7.35. The fraction of sp³-hybridized carbons (Fsp3) is 0.385. The van der Waals surface area contributed by atoms with Crippen LogP contribution < -0.4 is 10.6 Å². The second-order valence-electron chi connectivity index (χ2n) is 9.75. The second-order valence-corrected chi connectivity index (χ2v) is 9.75. The number of amides is 1. The van der Waals surface area contributed by atoms with E-state index in [-0.39, 0.29) is 22.4 Å². The zero-order valence-corrected chi connectivity index (χ0v) is 20.5. The van der Waals surface area contributed by atoms with Crippen molar-refractivity contribution in [2.45, 2.75) is 32.9 Å². The van der Waals surface area contributed by atoms with Gasteiger partial charge in [-0.25, -0.2) is 4.79 Å². The van der Waals surface area contributed by atoms with Crippen LogP contribution in [0, 0.1) is 17.4 Å². The van der Waals surface area contributed by atoms with Crippen molar-refractivity contribution in [3.8, 4) is 6.19 Å². The molecule has 3 aromatic rings. The van der Waals surface area contributed by atoms with Crippen LogP contribution in [0.5, 0.6) is 0 Å². The number of rotatable bonds is 3. The Balaban J connectivity index is 1.46. The van der Waals surface area contributed by atoms with Gasteiger partial charge < -0.3 is 25.1 Å². The van der Waals surface area contributed by atoms with Crippen LogP contribution in [0.15, 0.2) is 51.9 Å². The van der Waals surface area contributed by atoms with E-state index >= 15 is 0 Å². The van der Waals surface area contributed by atoms with Gasteiger partial charge in [0.1, 0.15) is 18.1 Å². The predicted octanol–water partition coefficient (Wildman–Crippen LogP) is 3.65. The van der Waals surface area contributed by atoms with Crippen LogP contribution in [0.4, 0.5) is 16.5 Å². The summed E-state index contributed by atoms with van der Waals surface area (Å²) in [7, 11) is 0. The molecule has 5 rings (SSSR count). The molecule has 0 saturated carbocycles. The Morgan fingerprint density at radius 1 is 1.28 bits per heavy atom. The number of nitrogens with zero attached hydrogens (tertiary/aromatic N) is 6. The van der Waals surface area contributed by atoms with E-state index in [1.807, 2.05) is 42.5 Å². The SMILES string of the molecule is CC(C)C1CN(c2nc3ccccc3o2)CC[N+]1(C#N)C(N)=Nc1cccc2c1CCN(C(=O)O)C2. The normalized spacial score (nSPS) is 22.5. The Labute approximate surface area is 209 Å². The fourth-order valence-electron chi connectivity index (χ4n) is 5.32. The third kappa shape index (κ3) is 4.01. The van der Waals surface area contributed by atoms with E-state index in [9.17, 15) is 15.2 Å². The molecule has 0 bridgehead atoms. The van der Waals surface area contributed by atoms with Gasteiger partial charge in [-0.3, -0.25) is 0 Å². The molecule has 1 fully saturated rings. The van der Waals surface area contributed by atoms with Gasteiger partial charge in [0.15, 0.2) is 5.58 Å². The minimum Gasteiger partial charge on any atom is -0.465 e. The molecule has 0 aliphatic carbocycles. The Kier molecular flexibility index (Phi) is 6.02. The maximum atomic E-state index is 11.4. The number of carbonyl (C=O) groups is 1. The number of anilines is 1. The van der Waals surface area contributed by atoms with Crippen LogP contribution in [0.25, 0.3) is 11.1 Å². The topological polar surface area (TPSA) is 132 Å². The van der Waals surface area contributed by atoms with Crippen molar-refractivity contribution >= 4 is 34.9 Å². The molecule has 2 aromatic carbocycles. The maximum absolute atomic E-state index is 11.4. The van der Waals surface area contributed by atoms with E-state index in [1.165, 1.54) is 4.90 Å². The highest BCUT2D eigenvalue weighted by atomic mass is 16.4. The van der Waals surface area contributed by atoms with Crippen LogP contribution in [0.2, 0.25) is 0 Å². The second kappa shape index (κ2) is 9.17. The van der Waals surface area contributed by atoms with Crippen LogP contribution >= 0.6 is 0 Å². The van der Waals surface area contributed by atoms with Gasteiger partial charge in [0.2, 0.25) is 0 Å².